The number of benzene rings is 1. The third kappa shape index (κ3) is 30.0. The molecule has 0 spiro atoms. The summed E-state index contributed by atoms with van der Waals surface area (Å²) in [5.74, 6) is -6.65. The lowest BCUT2D eigenvalue weighted by Crippen LogP contribution is -2.66. The molecule has 2 fully saturated rings. The molecule has 32 nitrogen and oxygen atoms in total. The predicted molar refractivity (Wildman–Crippen MR) is 295 cm³/mol. The van der Waals surface area contributed by atoms with Crippen molar-refractivity contribution in [3.05, 3.63) is 29.3 Å². The van der Waals surface area contributed by atoms with Crippen molar-refractivity contribution >= 4 is 71.0 Å². The van der Waals surface area contributed by atoms with E-state index < -0.39 is 121 Å². The Kier molecular flexibility index (Phi) is 35.2. The molecule has 490 valence electrons. The summed E-state index contributed by atoms with van der Waals surface area (Å²) in [6.45, 7) is 12.1. The van der Waals surface area contributed by atoms with Crippen LogP contribution in [0.15, 0.2) is 18.2 Å². The van der Waals surface area contributed by atoms with Crippen LogP contribution in [0.4, 0.5) is 5.69 Å². The van der Waals surface area contributed by atoms with Gasteiger partial charge in [-0.15, -0.1) is 0 Å². The molecule has 2 saturated heterocycles. The molecule has 2 heterocycles. The third-order valence-corrected chi connectivity index (χ3v) is 11.8. The van der Waals surface area contributed by atoms with Crippen LogP contribution in [0.5, 0.6) is 0 Å². The fourth-order valence-electron chi connectivity index (χ4n) is 8.29. The molecule has 1 aromatic carbocycles. The van der Waals surface area contributed by atoms with E-state index in [-0.39, 0.29) is 148 Å². The van der Waals surface area contributed by atoms with E-state index >= 15 is 0 Å². The maximum Gasteiger partial charge on any atom is 0.303 e. The molecule has 5 amide bonds. The molecule has 2 aliphatic heterocycles. The Balaban J connectivity index is 1.33. The van der Waals surface area contributed by atoms with Crippen molar-refractivity contribution in [3.63, 3.8) is 0 Å². The zero-order chi connectivity index (χ0) is 64.3. The van der Waals surface area contributed by atoms with Crippen LogP contribution in [0, 0.1) is 0 Å². The number of ether oxygens (including phenoxy) is 16. The molecule has 2 unspecified atom stereocenters. The topological polar surface area (TPSA) is 396 Å². The SMILES string of the molecule is CCC(=O)Nc1cc(C(=O)NCCOCCOCCOCCOC2O[C@H](COC(C)=O)[C@H](OC(C)=O)[C@H](OC(C)=O)[C@H]2NC(C)=O)cc(C(=O)NCCOCCOCCOCCOC2O[C@H](COC(C)=O)[C@H](OC(C)=O)[C@H](OC(C)=O)[C@H]2NC(C)=O)c1. The zero-order valence-corrected chi connectivity index (χ0v) is 50.5. The number of carbonyl (C=O) groups excluding carboxylic acids is 11. The fraction of sp³-hybridized carbons (Fsp3) is 0.691. The highest BCUT2D eigenvalue weighted by atomic mass is 16.7. The number of rotatable bonds is 40. The summed E-state index contributed by atoms with van der Waals surface area (Å²) in [5.41, 5.74) is 0.461. The highest BCUT2D eigenvalue weighted by Crippen LogP contribution is 2.30. The maximum atomic E-state index is 13.2. The number of carbonyl (C=O) groups is 11. The predicted octanol–water partition coefficient (Wildman–Crippen LogP) is -1.06. The van der Waals surface area contributed by atoms with Crippen molar-refractivity contribution in [1.29, 1.82) is 0 Å². The van der Waals surface area contributed by atoms with E-state index in [1.165, 1.54) is 45.9 Å². The second-order valence-electron chi connectivity index (χ2n) is 19.1. The van der Waals surface area contributed by atoms with Gasteiger partial charge in [-0.05, 0) is 18.2 Å². The van der Waals surface area contributed by atoms with Gasteiger partial charge in [-0.2, -0.15) is 0 Å². The van der Waals surface area contributed by atoms with Crippen molar-refractivity contribution in [1.82, 2.24) is 21.3 Å². The second kappa shape index (κ2) is 41.2. The van der Waals surface area contributed by atoms with Crippen LogP contribution in [0.25, 0.3) is 0 Å². The monoisotopic (exact) mass is 1250 g/mol. The average Bonchev–Trinajstić information content (AvgIpc) is 2.11. The molecule has 0 aliphatic carbocycles. The molecular formula is C55H83N5O27. The molecule has 0 radical (unpaired) electrons. The average molecular weight is 1250 g/mol. The molecule has 32 heteroatoms. The Labute approximate surface area is 503 Å². The van der Waals surface area contributed by atoms with Gasteiger partial charge < -0.3 is 102 Å². The normalized spacial score (nSPS) is 21.4. The smallest absolute Gasteiger partial charge is 0.303 e. The standard InChI is InChI=1S/C55H83N5O27/c1-10-45(69)60-42-28-40(52(70)56-11-13-72-15-17-74-19-21-76-23-25-78-54-46(58-32(2)61)50(84-38(8)67)48(82-36(6)65)43(86-54)30-80-34(4)63)27-41(29-42)53(71)57-12-14-73-16-18-75-20-22-77-24-26-79-55-47(59-33(3)62)51(85-39(9)68)49(83-37(7)66)44(87-55)31-81-35(5)64/h27-29,43-44,46-51,54-55H,10-26,30-31H2,1-9H3,(H,56,70)(H,57,71)(H,58,61)(H,59,62)(H,60,69)/t43-,44-,46-,47-,48+,49+,50-,51-,54?,55?/m1/s1. The maximum absolute atomic E-state index is 13.2. The number of anilines is 1. The van der Waals surface area contributed by atoms with E-state index in [2.05, 4.69) is 26.6 Å². The molecular weight excluding hydrogens is 1160 g/mol. The molecule has 87 heavy (non-hydrogen) atoms. The van der Waals surface area contributed by atoms with Gasteiger partial charge in [0.15, 0.2) is 37.0 Å². The first-order valence-corrected chi connectivity index (χ1v) is 28.0. The highest BCUT2D eigenvalue weighted by Gasteiger charge is 2.53. The Hall–Kier alpha value is -7.01. The van der Waals surface area contributed by atoms with Crippen molar-refractivity contribution in [2.75, 3.05) is 124 Å². The van der Waals surface area contributed by atoms with E-state index in [1.807, 2.05) is 0 Å². The summed E-state index contributed by atoms with van der Waals surface area (Å²) in [6.07, 6.45) is -9.60. The minimum absolute atomic E-state index is 0.0482. The van der Waals surface area contributed by atoms with Crippen molar-refractivity contribution < 1.29 is 129 Å². The van der Waals surface area contributed by atoms with Gasteiger partial charge >= 0.3 is 35.8 Å². The first-order chi connectivity index (χ1) is 41.5. The minimum Gasteiger partial charge on any atom is -0.463 e. The summed E-state index contributed by atoms with van der Waals surface area (Å²) in [6, 6.07) is 2.03. The molecule has 1 aromatic rings. The van der Waals surface area contributed by atoms with E-state index in [4.69, 9.17) is 75.8 Å². The number of amides is 5. The lowest BCUT2D eigenvalue weighted by Gasteiger charge is -2.44. The van der Waals surface area contributed by atoms with Crippen molar-refractivity contribution in [2.45, 2.75) is 130 Å². The van der Waals surface area contributed by atoms with Crippen LogP contribution in [0.1, 0.15) is 89.5 Å². The van der Waals surface area contributed by atoms with Gasteiger partial charge in [0, 0.05) is 91.7 Å². The van der Waals surface area contributed by atoms with Gasteiger partial charge in [0.05, 0.1) is 92.5 Å². The van der Waals surface area contributed by atoms with E-state index in [0.717, 1.165) is 27.7 Å². The van der Waals surface area contributed by atoms with Gasteiger partial charge in [0.1, 0.15) is 37.5 Å². The molecule has 3 rings (SSSR count). The number of esters is 6. The second-order valence-corrected chi connectivity index (χ2v) is 19.1. The first-order valence-electron chi connectivity index (χ1n) is 28.0. The lowest BCUT2D eigenvalue weighted by molar-refractivity contribution is -0.279. The Morgan fingerprint density at radius 1 is 0.414 bits per heavy atom. The number of nitrogens with one attached hydrogen (secondary N) is 5. The molecule has 10 atom stereocenters. The highest BCUT2D eigenvalue weighted by molar-refractivity contribution is 6.02. The zero-order valence-electron chi connectivity index (χ0n) is 50.5. The molecule has 0 aromatic heterocycles. The van der Waals surface area contributed by atoms with E-state index in [9.17, 15) is 52.7 Å². The van der Waals surface area contributed by atoms with Crippen LogP contribution in [0.2, 0.25) is 0 Å². The number of hydrogen-bond acceptors (Lipinski definition) is 27. The molecule has 0 saturated carbocycles. The number of hydrogen-bond donors (Lipinski definition) is 5. The van der Waals surface area contributed by atoms with Gasteiger partial charge in [-0.3, -0.25) is 52.7 Å². The Bertz CT molecular complexity index is 2250. The van der Waals surface area contributed by atoms with E-state index in [0.29, 0.717) is 0 Å². The van der Waals surface area contributed by atoms with Crippen LogP contribution in [-0.2, 0) is 119 Å². The van der Waals surface area contributed by atoms with Crippen LogP contribution in [-0.4, -0.2) is 245 Å². The summed E-state index contributed by atoms with van der Waals surface area (Å²) in [7, 11) is 0. The minimum atomic E-state index is -1.26. The first kappa shape index (κ1) is 74.2. The van der Waals surface area contributed by atoms with Crippen LogP contribution < -0.4 is 26.6 Å². The lowest BCUT2D eigenvalue weighted by atomic mass is 9.96. The quantitative estimate of drug-likeness (QED) is 0.0297. The van der Waals surface area contributed by atoms with Crippen molar-refractivity contribution in [3.8, 4) is 0 Å². The third-order valence-electron chi connectivity index (χ3n) is 11.8. The summed E-state index contributed by atoms with van der Waals surface area (Å²) < 4.78 is 88.8. The van der Waals surface area contributed by atoms with Gasteiger partial charge in [-0.25, -0.2) is 0 Å². The summed E-state index contributed by atoms with van der Waals surface area (Å²) in [4.78, 5) is 134. The van der Waals surface area contributed by atoms with Gasteiger partial charge in [-0.1, -0.05) is 6.92 Å². The summed E-state index contributed by atoms with van der Waals surface area (Å²) >= 11 is 0. The fourth-order valence-corrected chi connectivity index (χ4v) is 8.29. The summed E-state index contributed by atoms with van der Waals surface area (Å²) in [5, 5.41) is 13.3. The Morgan fingerprint density at radius 3 is 1.05 bits per heavy atom. The molecule has 0 bridgehead atoms. The molecule has 5 N–H and O–H groups in total. The van der Waals surface area contributed by atoms with Gasteiger partial charge in [0.2, 0.25) is 17.7 Å². The van der Waals surface area contributed by atoms with Crippen molar-refractivity contribution in [2.24, 2.45) is 0 Å². The largest absolute Gasteiger partial charge is 0.463 e. The Morgan fingerprint density at radius 2 is 0.736 bits per heavy atom. The van der Waals surface area contributed by atoms with Crippen LogP contribution >= 0.6 is 0 Å². The van der Waals surface area contributed by atoms with Gasteiger partial charge in [0.25, 0.3) is 11.8 Å². The molecule has 2 aliphatic rings. The van der Waals surface area contributed by atoms with E-state index in [1.54, 1.807) is 6.92 Å². The van der Waals surface area contributed by atoms with Crippen LogP contribution in [0.3, 0.4) is 0 Å².